The van der Waals surface area contributed by atoms with Crippen molar-refractivity contribution in [3.05, 3.63) is 84.3 Å². The second-order valence-corrected chi connectivity index (χ2v) is 5.37. The number of hydrogen-bond donors (Lipinski definition) is 0. The Morgan fingerprint density at radius 2 is 1.76 bits per heavy atom. The molecular formula is C20H17NO4. The molecule has 0 atom stereocenters. The number of furan rings is 1. The van der Waals surface area contributed by atoms with Crippen molar-refractivity contribution in [1.82, 2.24) is 0 Å². The smallest absolute Gasteiger partial charge is 0.265 e. The predicted molar refractivity (Wildman–Crippen MR) is 93.7 cm³/mol. The van der Waals surface area contributed by atoms with Crippen LogP contribution in [0, 0.1) is 0 Å². The molecule has 1 amide bonds. The standard InChI is InChI=1S/C20H17NO4/c22-14-16-8-10-18(11-9-16)25-15-20(23)21(13-19-7-4-12-24-19)17-5-2-1-3-6-17/h1-12,14H,13,15H2. The third kappa shape index (κ3) is 4.35. The molecule has 3 aromatic rings. The first-order valence-corrected chi connectivity index (χ1v) is 7.82. The number of para-hydroxylation sites is 1. The number of carbonyl (C=O) groups excluding carboxylic acids is 2. The van der Waals surface area contributed by atoms with E-state index in [-0.39, 0.29) is 12.5 Å². The van der Waals surface area contributed by atoms with Gasteiger partial charge in [0.1, 0.15) is 17.8 Å². The Morgan fingerprint density at radius 3 is 2.40 bits per heavy atom. The van der Waals surface area contributed by atoms with Crippen molar-refractivity contribution >= 4 is 17.9 Å². The van der Waals surface area contributed by atoms with E-state index in [2.05, 4.69) is 0 Å². The molecule has 3 rings (SSSR count). The van der Waals surface area contributed by atoms with Crippen molar-refractivity contribution < 1.29 is 18.7 Å². The maximum atomic E-state index is 12.7. The Bertz CT molecular complexity index is 811. The Kier molecular flexibility index (Phi) is 5.26. The summed E-state index contributed by atoms with van der Waals surface area (Å²) >= 11 is 0. The van der Waals surface area contributed by atoms with Gasteiger partial charge >= 0.3 is 0 Å². The molecule has 5 heteroatoms. The van der Waals surface area contributed by atoms with Gasteiger partial charge < -0.3 is 14.1 Å². The van der Waals surface area contributed by atoms with Crippen LogP contribution in [0.2, 0.25) is 0 Å². The van der Waals surface area contributed by atoms with E-state index in [0.717, 1.165) is 12.0 Å². The molecule has 1 aromatic heterocycles. The van der Waals surface area contributed by atoms with Crippen LogP contribution in [0.1, 0.15) is 16.1 Å². The lowest BCUT2D eigenvalue weighted by atomic mass is 10.2. The average Bonchev–Trinajstić information content (AvgIpc) is 3.18. The quantitative estimate of drug-likeness (QED) is 0.618. The van der Waals surface area contributed by atoms with Crippen LogP contribution in [-0.4, -0.2) is 18.8 Å². The van der Waals surface area contributed by atoms with Gasteiger partial charge in [0.05, 0.1) is 12.8 Å². The predicted octanol–water partition coefficient (Wildman–Crippen LogP) is 3.70. The molecule has 0 saturated carbocycles. The van der Waals surface area contributed by atoms with E-state index in [4.69, 9.17) is 9.15 Å². The lowest BCUT2D eigenvalue weighted by Crippen LogP contribution is -2.34. The molecule has 0 spiro atoms. The lowest BCUT2D eigenvalue weighted by molar-refractivity contribution is -0.120. The van der Waals surface area contributed by atoms with Gasteiger partial charge in [-0.05, 0) is 48.5 Å². The third-order valence-corrected chi connectivity index (χ3v) is 3.64. The van der Waals surface area contributed by atoms with Crippen LogP contribution in [0.4, 0.5) is 5.69 Å². The van der Waals surface area contributed by atoms with Gasteiger partial charge in [-0.15, -0.1) is 0 Å². The Morgan fingerprint density at radius 1 is 1.00 bits per heavy atom. The molecule has 1 heterocycles. The number of nitrogens with zero attached hydrogens (tertiary/aromatic N) is 1. The van der Waals surface area contributed by atoms with Gasteiger partial charge in [-0.25, -0.2) is 0 Å². The average molecular weight is 335 g/mol. The molecule has 25 heavy (non-hydrogen) atoms. The molecule has 0 N–H and O–H groups in total. The number of anilines is 1. The maximum Gasteiger partial charge on any atom is 0.265 e. The summed E-state index contributed by atoms with van der Waals surface area (Å²) in [5.74, 6) is 1.03. The third-order valence-electron chi connectivity index (χ3n) is 3.64. The van der Waals surface area contributed by atoms with E-state index in [9.17, 15) is 9.59 Å². The summed E-state index contributed by atoms with van der Waals surface area (Å²) in [5, 5.41) is 0. The summed E-state index contributed by atoms with van der Waals surface area (Å²) in [7, 11) is 0. The summed E-state index contributed by atoms with van der Waals surface area (Å²) in [5.41, 5.74) is 1.33. The molecule has 0 saturated heterocycles. The first-order valence-electron chi connectivity index (χ1n) is 7.82. The molecule has 0 radical (unpaired) electrons. The Labute approximate surface area is 145 Å². The first kappa shape index (κ1) is 16.5. The molecule has 0 bridgehead atoms. The van der Waals surface area contributed by atoms with Crippen molar-refractivity contribution in [2.75, 3.05) is 11.5 Å². The lowest BCUT2D eigenvalue weighted by Gasteiger charge is -2.22. The zero-order chi connectivity index (χ0) is 17.5. The highest BCUT2D eigenvalue weighted by Crippen LogP contribution is 2.18. The van der Waals surface area contributed by atoms with Crippen LogP contribution < -0.4 is 9.64 Å². The molecular weight excluding hydrogens is 318 g/mol. The number of benzene rings is 2. The minimum atomic E-state index is -0.193. The zero-order valence-electron chi connectivity index (χ0n) is 13.5. The minimum Gasteiger partial charge on any atom is -0.484 e. The largest absolute Gasteiger partial charge is 0.484 e. The van der Waals surface area contributed by atoms with Crippen molar-refractivity contribution in [3.8, 4) is 5.75 Å². The number of rotatable bonds is 7. The molecule has 0 aliphatic heterocycles. The SMILES string of the molecule is O=Cc1ccc(OCC(=O)N(Cc2ccco2)c2ccccc2)cc1. The van der Waals surface area contributed by atoms with Crippen LogP contribution in [-0.2, 0) is 11.3 Å². The van der Waals surface area contributed by atoms with Crippen LogP contribution in [0.25, 0.3) is 0 Å². The molecule has 0 aliphatic rings. The summed E-state index contributed by atoms with van der Waals surface area (Å²) in [6.45, 7) is 0.208. The second kappa shape index (κ2) is 7.97. The number of aldehydes is 1. The van der Waals surface area contributed by atoms with E-state index >= 15 is 0 Å². The van der Waals surface area contributed by atoms with E-state index < -0.39 is 0 Å². The highest BCUT2D eigenvalue weighted by atomic mass is 16.5. The highest BCUT2D eigenvalue weighted by molar-refractivity contribution is 5.94. The number of ether oxygens (including phenoxy) is 1. The van der Waals surface area contributed by atoms with E-state index in [1.54, 1.807) is 41.5 Å². The summed E-state index contributed by atoms with van der Waals surface area (Å²) < 4.78 is 10.9. The molecule has 126 valence electrons. The van der Waals surface area contributed by atoms with Crippen LogP contribution in [0.3, 0.4) is 0 Å². The first-order chi connectivity index (χ1) is 12.3. The van der Waals surface area contributed by atoms with Gasteiger partial charge in [0.15, 0.2) is 6.61 Å². The van der Waals surface area contributed by atoms with Crippen LogP contribution >= 0.6 is 0 Å². The number of hydrogen-bond acceptors (Lipinski definition) is 4. The Hall–Kier alpha value is -3.34. The van der Waals surface area contributed by atoms with Crippen LogP contribution in [0.5, 0.6) is 5.75 Å². The molecule has 2 aromatic carbocycles. The van der Waals surface area contributed by atoms with Gasteiger partial charge in [-0.2, -0.15) is 0 Å². The molecule has 0 aliphatic carbocycles. The molecule has 0 unspecified atom stereocenters. The van der Waals surface area contributed by atoms with Gasteiger partial charge in [0, 0.05) is 11.3 Å². The van der Waals surface area contributed by atoms with E-state index in [0.29, 0.717) is 23.6 Å². The summed E-state index contributed by atoms with van der Waals surface area (Å²) in [6, 6.07) is 19.6. The highest BCUT2D eigenvalue weighted by Gasteiger charge is 2.18. The van der Waals surface area contributed by atoms with Gasteiger partial charge in [0.25, 0.3) is 5.91 Å². The number of amides is 1. The maximum absolute atomic E-state index is 12.7. The monoisotopic (exact) mass is 335 g/mol. The van der Waals surface area contributed by atoms with Gasteiger partial charge in [-0.1, -0.05) is 18.2 Å². The van der Waals surface area contributed by atoms with Crippen molar-refractivity contribution in [2.24, 2.45) is 0 Å². The zero-order valence-corrected chi connectivity index (χ0v) is 13.5. The van der Waals surface area contributed by atoms with Crippen molar-refractivity contribution in [1.29, 1.82) is 0 Å². The fraction of sp³-hybridized carbons (Fsp3) is 0.100. The Balaban J connectivity index is 1.70. The minimum absolute atomic E-state index is 0.115. The fourth-order valence-electron chi connectivity index (χ4n) is 2.36. The normalized spacial score (nSPS) is 10.2. The summed E-state index contributed by atoms with van der Waals surface area (Å²) in [6.07, 6.45) is 2.34. The summed E-state index contributed by atoms with van der Waals surface area (Å²) in [4.78, 5) is 25.0. The van der Waals surface area contributed by atoms with E-state index in [1.165, 1.54) is 0 Å². The molecule has 5 nitrogen and oxygen atoms in total. The molecule has 0 fully saturated rings. The van der Waals surface area contributed by atoms with Crippen molar-refractivity contribution in [2.45, 2.75) is 6.54 Å². The second-order valence-electron chi connectivity index (χ2n) is 5.37. The van der Waals surface area contributed by atoms with Crippen molar-refractivity contribution in [3.63, 3.8) is 0 Å². The fourth-order valence-corrected chi connectivity index (χ4v) is 2.36. The van der Waals surface area contributed by atoms with Crippen LogP contribution in [0.15, 0.2) is 77.4 Å². The van der Waals surface area contributed by atoms with Gasteiger partial charge in [0.2, 0.25) is 0 Å². The van der Waals surface area contributed by atoms with Gasteiger partial charge in [-0.3, -0.25) is 9.59 Å². The van der Waals surface area contributed by atoms with E-state index in [1.807, 2.05) is 36.4 Å². The topological polar surface area (TPSA) is 59.8 Å². The number of carbonyl (C=O) groups is 2.